The fourth-order valence-corrected chi connectivity index (χ4v) is 4.44. The number of nitrogens with one attached hydrogen (secondary N) is 3. The van der Waals surface area contributed by atoms with Crippen LogP contribution >= 0.6 is 39.3 Å². The lowest BCUT2D eigenvalue weighted by atomic mass is 10.1. The third kappa shape index (κ3) is 9.13. The summed E-state index contributed by atoms with van der Waals surface area (Å²) in [5.41, 5.74) is 3.01. The van der Waals surface area contributed by atoms with E-state index in [0.29, 0.717) is 17.3 Å². The quantitative estimate of drug-likeness (QED) is 0.0690. The Kier molecular flexibility index (Phi) is 13.3. The zero-order valence-electron chi connectivity index (χ0n) is 20.3. The van der Waals surface area contributed by atoms with Gasteiger partial charge in [-0.3, -0.25) is 14.6 Å². The minimum Gasteiger partial charge on any atom is -0.351 e. The fourth-order valence-electron chi connectivity index (χ4n) is 2.87. The van der Waals surface area contributed by atoms with Crippen molar-refractivity contribution in [2.24, 2.45) is 4.99 Å². The van der Waals surface area contributed by atoms with Gasteiger partial charge in [0.2, 0.25) is 0 Å². The molecular formula is C26H29BrClFN4O2S. The molecule has 1 amide bonds. The normalized spacial score (nSPS) is 10.5. The zero-order chi connectivity index (χ0) is 26.3. The summed E-state index contributed by atoms with van der Waals surface area (Å²) >= 11 is 11.3. The van der Waals surface area contributed by atoms with Crippen molar-refractivity contribution in [3.05, 3.63) is 81.5 Å². The maximum Gasteiger partial charge on any atom is 0.277 e. The number of hydrogen-bond donors (Lipinski definition) is 3. The highest BCUT2D eigenvalue weighted by Gasteiger charge is 2.20. The minimum atomic E-state index is -0.661. The van der Waals surface area contributed by atoms with Crippen LogP contribution in [0.1, 0.15) is 30.6 Å². The average Bonchev–Trinajstić information content (AvgIpc) is 2.89. The van der Waals surface area contributed by atoms with Crippen molar-refractivity contribution in [3.8, 4) is 0 Å². The first kappa shape index (κ1) is 29.6. The van der Waals surface area contributed by atoms with Crippen LogP contribution in [0.3, 0.4) is 0 Å². The molecule has 3 rings (SSSR count). The average molecular weight is 596 g/mol. The molecule has 6 nitrogen and oxygen atoms in total. The minimum absolute atomic E-state index is 0.0422. The molecule has 0 fully saturated rings. The summed E-state index contributed by atoms with van der Waals surface area (Å²) in [6.45, 7) is 4.32. The van der Waals surface area contributed by atoms with Crippen LogP contribution in [0, 0.1) is 5.82 Å². The highest BCUT2D eigenvalue weighted by atomic mass is 79.9. The molecule has 0 unspecified atom stereocenters. The highest BCUT2D eigenvalue weighted by Crippen LogP contribution is 2.33. The molecule has 10 heteroatoms. The Hall–Kier alpha value is -2.59. The fraction of sp³-hybridized carbons (Fsp3) is 0.231. The number of carbonyl (C=O) groups excluding carboxylic acids is 1. The van der Waals surface area contributed by atoms with Gasteiger partial charge in [-0.1, -0.05) is 59.6 Å². The van der Waals surface area contributed by atoms with E-state index >= 15 is 4.39 Å². The molecule has 0 aromatic heterocycles. The first-order valence-corrected chi connectivity index (χ1v) is 13.5. The lowest BCUT2D eigenvalue weighted by Gasteiger charge is -2.16. The molecule has 36 heavy (non-hydrogen) atoms. The van der Waals surface area contributed by atoms with Crippen molar-refractivity contribution in [3.63, 3.8) is 0 Å². The van der Waals surface area contributed by atoms with Gasteiger partial charge in [-0.25, -0.2) is 9.87 Å². The number of aliphatic imine (C=N–C) groups is 1. The second kappa shape index (κ2) is 16.2. The van der Waals surface area contributed by atoms with Gasteiger partial charge in [-0.15, -0.1) is 11.8 Å². The molecule has 0 saturated carbocycles. The summed E-state index contributed by atoms with van der Waals surface area (Å²) in [6, 6.07) is 18.1. The molecule has 0 aliphatic carbocycles. The van der Waals surface area contributed by atoms with E-state index in [4.69, 9.17) is 16.4 Å². The van der Waals surface area contributed by atoms with E-state index in [-0.39, 0.29) is 16.9 Å². The van der Waals surface area contributed by atoms with E-state index in [9.17, 15) is 4.79 Å². The van der Waals surface area contributed by atoms with Crippen LogP contribution in [0.15, 0.2) is 75.0 Å². The molecule has 0 bridgehead atoms. The molecule has 3 aromatic carbocycles. The van der Waals surface area contributed by atoms with Gasteiger partial charge in [-0.2, -0.15) is 0 Å². The SMILES string of the molecule is CC.CN=CNc1ccc(C(=O)NOCCCSc2ccccc2)c(Nc2ccc(Br)cc2Cl)c1F. The Balaban J connectivity index is 0.00000222. The predicted molar refractivity (Wildman–Crippen MR) is 153 cm³/mol. The number of thioether (sulfide) groups is 1. The lowest BCUT2D eigenvalue weighted by Crippen LogP contribution is -2.25. The van der Waals surface area contributed by atoms with Gasteiger partial charge >= 0.3 is 0 Å². The van der Waals surface area contributed by atoms with Gasteiger partial charge in [0.25, 0.3) is 5.91 Å². The van der Waals surface area contributed by atoms with Gasteiger partial charge in [0.15, 0.2) is 5.82 Å². The smallest absolute Gasteiger partial charge is 0.277 e. The van der Waals surface area contributed by atoms with Crippen LogP contribution in [0.5, 0.6) is 0 Å². The largest absolute Gasteiger partial charge is 0.351 e. The second-order valence-electron chi connectivity index (χ2n) is 6.93. The predicted octanol–water partition coefficient (Wildman–Crippen LogP) is 7.93. The van der Waals surface area contributed by atoms with Gasteiger partial charge < -0.3 is 10.6 Å². The lowest BCUT2D eigenvalue weighted by molar-refractivity contribution is 0.0318. The number of hydrogen-bond acceptors (Lipinski definition) is 5. The van der Waals surface area contributed by atoms with Crippen LogP contribution in [0.25, 0.3) is 0 Å². The van der Waals surface area contributed by atoms with Crippen molar-refractivity contribution in [1.82, 2.24) is 5.48 Å². The second-order valence-corrected chi connectivity index (χ2v) is 9.42. The molecule has 0 radical (unpaired) electrons. The molecule has 0 saturated heterocycles. The third-order valence-corrected chi connectivity index (χ3v) is 6.40. The summed E-state index contributed by atoms with van der Waals surface area (Å²) in [5.74, 6) is -0.408. The molecule has 0 heterocycles. The topological polar surface area (TPSA) is 74.8 Å². The van der Waals surface area contributed by atoms with Gasteiger partial charge in [0, 0.05) is 22.2 Å². The number of amides is 1. The summed E-state index contributed by atoms with van der Waals surface area (Å²) < 4.78 is 16.1. The van der Waals surface area contributed by atoms with Crippen LogP contribution in [0.2, 0.25) is 5.02 Å². The highest BCUT2D eigenvalue weighted by molar-refractivity contribution is 9.10. The zero-order valence-corrected chi connectivity index (χ0v) is 23.4. The number of rotatable bonds is 11. The van der Waals surface area contributed by atoms with E-state index in [0.717, 1.165) is 16.6 Å². The summed E-state index contributed by atoms with van der Waals surface area (Å²) in [5, 5.41) is 6.04. The first-order valence-electron chi connectivity index (χ1n) is 11.3. The number of carbonyl (C=O) groups is 1. The van der Waals surface area contributed by atoms with Crippen LogP contribution < -0.4 is 16.1 Å². The van der Waals surface area contributed by atoms with E-state index in [1.165, 1.54) is 23.4 Å². The molecule has 0 spiro atoms. The van der Waals surface area contributed by atoms with Gasteiger partial charge in [-0.05, 0) is 48.9 Å². The van der Waals surface area contributed by atoms with E-state index in [2.05, 4.69) is 37.0 Å². The van der Waals surface area contributed by atoms with Crippen LogP contribution in [-0.2, 0) is 4.84 Å². The number of halogens is 3. The van der Waals surface area contributed by atoms with Gasteiger partial charge in [0.1, 0.15) is 0 Å². The van der Waals surface area contributed by atoms with Crippen LogP contribution in [0.4, 0.5) is 21.5 Å². The summed E-state index contributed by atoms with van der Waals surface area (Å²) in [6.07, 6.45) is 2.08. The Labute approximate surface area is 229 Å². The molecule has 3 aromatic rings. The number of anilines is 3. The Bertz CT molecular complexity index is 1150. The van der Waals surface area contributed by atoms with Crippen molar-refractivity contribution in [1.29, 1.82) is 0 Å². The van der Waals surface area contributed by atoms with Crippen molar-refractivity contribution >= 4 is 68.6 Å². The number of benzene rings is 3. The monoisotopic (exact) mass is 594 g/mol. The van der Waals surface area contributed by atoms with E-state index in [1.807, 2.05) is 44.2 Å². The molecule has 192 valence electrons. The molecule has 0 aliphatic rings. The standard InChI is InChI=1S/C24H23BrClFN4O2S.C2H6/c1-28-15-29-21-11-9-18(23(22(21)27)30-20-10-8-16(25)14-19(20)26)24(32)31-33-12-5-13-34-17-6-3-2-4-7-17;1-2/h2-4,6-11,14-15,30H,5,12-13H2,1H3,(H,28,29)(H,31,32);1-2H3. The van der Waals surface area contributed by atoms with E-state index < -0.39 is 11.7 Å². The molecule has 3 N–H and O–H groups in total. The summed E-state index contributed by atoms with van der Waals surface area (Å²) in [4.78, 5) is 23.1. The number of hydroxylamine groups is 1. The maximum absolute atomic E-state index is 15.3. The van der Waals surface area contributed by atoms with Crippen molar-refractivity contribution in [2.75, 3.05) is 30.0 Å². The van der Waals surface area contributed by atoms with Crippen LogP contribution in [-0.4, -0.2) is 31.7 Å². The van der Waals surface area contributed by atoms with E-state index in [1.54, 1.807) is 37.0 Å². The Morgan fingerprint density at radius 2 is 1.86 bits per heavy atom. The maximum atomic E-state index is 15.3. The third-order valence-electron chi connectivity index (χ3n) is 4.49. The Morgan fingerprint density at radius 3 is 2.56 bits per heavy atom. The first-order chi connectivity index (χ1) is 17.5. The number of nitrogens with zero attached hydrogens (tertiary/aromatic N) is 1. The molecule has 0 atom stereocenters. The van der Waals surface area contributed by atoms with Crippen molar-refractivity contribution in [2.45, 2.75) is 25.2 Å². The van der Waals surface area contributed by atoms with Crippen molar-refractivity contribution < 1.29 is 14.0 Å². The van der Waals surface area contributed by atoms with Gasteiger partial charge in [0.05, 0.1) is 40.6 Å². The summed E-state index contributed by atoms with van der Waals surface area (Å²) in [7, 11) is 1.56. The molecule has 0 aliphatic heterocycles. The molecular weight excluding hydrogens is 567 g/mol. The Morgan fingerprint density at radius 1 is 1.14 bits per heavy atom.